The van der Waals surface area contributed by atoms with Gasteiger partial charge in [-0.05, 0) is 37.8 Å². The van der Waals surface area contributed by atoms with E-state index >= 15 is 0 Å². The molecule has 1 aliphatic heterocycles. The van der Waals surface area contributed by atoms with E-state index in [0.29, 0.717) is 17.8 Å². The zero-order valence-electron chi connectivity index (χ0n) is 14.6. The molecule has 1 amide bonds. The average Bonchev–Trinajstić information content (AvgIpc) is 3.38. The third-order valence-electron chi connectivity index (χ3n) is 5.34. The molecule has 4 heterocycles. The standard InChI is InChI=1S/C19H23N5O/c1-3-13-5-6-14(4-2)24(13)19(25)16-9-12(10-21-16)17-15-7-8-20-18(15)23-11-22-17/h7-11,13-14,21H,3-6H2,1-2H3,(H,20,22,23)/t13-,14-/m1/s1. The van der Waals surface area contributed by atoms with Crippen LogP contribution >= 0.6 is 0 Å². The van der Waals surface area contributed by atoms with Gasteiger partial charge in [-0.2, -0.15) is 0 Å². The number of aromatic amines is 2. The molecular weight excluding hydrogens is 314 g/mol. The highest BCUT2D eigenvalue weighted by Gasteiger charge is 2.35. The SMILES string of the molecule is CC[C@@H]1CC[C@@H](CC)N1C(=O)c1cc(-c2ncnc3[nH]ccc23)c[nH]1. The number of aromatic nitrogens is 4. The van der Waals surface area contributed by atoms with Gasteiger partial charge in [0.1, 0.15) is 17.7 Å². The van der Waals surface area contributed by atoms with Gasteiger partial charge < -0.3 is 14.9 Å². The van der Waals surface area contributed by atoms with Gasteiger partial charge in [0, 0.05) is 35.4 Å². The molecule has 25 heavy (non-hydrogen) atoms. The summed E-state index contributed by atoms with van der Waals surface area (Å²) in [4.78, 5) is 30.1. The summed E-state index contributed by atoms with van der Waals surface area (Å²) in [6, 6.07) is 4.56. The van der Waals surface area contributed by atoms with E-state index in [4.69, 9.17) is 0 Å². The first-order valence-electron chi connectivity index (χ1n) is 9.02. The summed E-state index contributed by atoms with van der Waals surface area (Å²) < 4.78 is 0. The number of likely N-dealkylation sites (tertiary alicyclic amines) is 1. The van der Waals surface area contributed by atoms with Gasteiger partial charge in [0.2, 0.25) is 0 Å². The number of rotatable bonds is 4. The van der Waals surface area contributed by atoms with Crippen molar-refractivity contribution in [2.45, 2.75) is 51.6 Å². The third kappa shape index (κ3) is 2.62. The lowest BCUT2D eigenvalue weighted by molar-refractivity contribution is 0.0654. The van der Waals surface area contributed by atoms with Crippen LogP contribution in [0.5, 0.6) is 0 Å². The minimum atomic E-state index is 0.0989. The lowest BCUT2D eigenvalue weighted by Gasteiger charge is -2.29. The van der Waals surface area contributed by atoms with Crippen LogP contribution in [0.4, 0.5) is 0 Å². The molecular formula is C19H23N5O. The van der Waals surface area contributed by atoms with Crippen molar-refractivity contribution in [3.63, 3.8) is 0 Å². The van der Waals surface area contributed by atoms with E-state index in [2.05, 4.69) is 38.7 Å². The monoisotopic (exact) mass is 337 g/mol. The molecule has 6 nitrogen and oxygen atoms in total. The van der Waals surface area contributed by atoms with E-state index in [1.54, 1.807) is 6.33 Å². The van der Waals surface area contributed by atoms with Crippen molar-refractivity contribution in [2.24, 2.45) is 0 Å². The first-order chi connectivity index (χ1) is 12.2. The third-order valence-corrected chi connectivity index (χ3v) is 5.34. The molecule has 1 saturated heterocycles. The Morgan fingerprint density at radius 1 is 1.20 bits per heavy atom. The smallest absolute Gasteiger partial charge is 0.270 e. The second-order valence-electron chi connectivity index (χ2n) is 6.68. The van der Waals surface area contributed by atoms with Gasteiger partial charge in [-0.3, -0.25) is 4.79 Å². The molecule has 0 aliphatic carbocycles. The van der Waals surface area contributed by atoms with Crippen molar-refractivity contribution in [3.05, 3.63) is 36.5 Å². The summed E-state index contributed by atoms with van der Waals surface area (Å²) >= 11 is 0. The minimum absolute atomic E-state index is 0.0989. The molecule has 6 heteroatoms. The van der Waals surface area contributed by atoms with Crippen molar-refractivity contribution >= 4 is 16.9 Å². The molecule has 130 valence electrons. The zero-order chi connectivity index (χ0) is 17.4. The van der Waals surface area contributed by atoms with Gasteiger partial charge in [-0.25, -0.2) is 9.97 Å². The van der Waals surface area contributed by atoms with Gasteiger partial charge in [0.15, 0.2) is 0 Å². The predicted octanol–water partition coefficient (Wildman–Crippen LogP) is 3.75. The fourth-order valence-corrected chi connectivity index (χ4v) is 3.99. The fraction of sp³-hybridized carbons (Fsp3) is 0.421. The number of H-pyrrole nitrogens is 2. The van der Waals surface area contributed by atoms with E-state index in [1.165, 1.54) is 0 Å². The van der Waals surface area contributed by atoms with Gasteiger partial charge in [-0.1, -0.05) is 13.8 Å². The van der Waals surface area contributed by atoms with E-state index < -0.39 is 0 Å². The molecule has 0 radical (unpaired) electrons. The van der Waals surface area contributed by atoms with Crippen LogP contribution in [0, 0.1) is 0 Å². The Morgan fingerprint density at radius 2 is 1.96 bits per heavy atom. The predicted molar refractivity (Wildman–Crippen MR) is 97.2 cm³/mol. The number of hydrogen-bond acceptors (Lipinski definition) is 3. The largest absolute Gasteiger partial charge is 0.357 e. The lowest BCUT2D eigenvalue weighted by Crippen LogP contribution is -2.40. The Kier molecular flexibility index (Phi) is 4.03. The number of hydrogen-bond donors (Lipinski definition) is 2. The molecule has 4 rings (SSSR count). The Labute approximate surface area is 146 Å². The van der Waals surface area contributed by atoms with Crippen LogP contribution in [0.2, 0.25) is 0 Å². The molecule has 1 fully saturated rings. The molecule has 2 N–H and O–H groups in total. The summed E-state index contributed by atoms with van der Waals surface area (Å²) in [6.07, 6.45) is 9.47. The van der Waals surface area contributed by atoms with Crippen LogP contribution in [0.25, 0.3) is 22.3 Å². The van der Waals surface area contributed by atoms with Crippen LogP contribution in [-0.4, -0.2) is 42.8 Å². The summed E-state index contributed by atoms with van der Waals surface area (Å²) in [5.41, 5.74) is 3.18. The second-order valence-corrected chi connectivity index (χ2v) is 6.68. The van der Waals surface area contributed by atoms with Crippen molar-refractivity contribution in [3.8, 4) is 11.3 Å². The van der Waals surface area contributed by atoms with Crippen molar-refractivity contribution in [1.29, 1.82) is 0 Å². The Bertz CT molecular complexity index is 884. The molecule has 1 aliphatic rings. The summed E-state index contributed by atoms with van der Waals surface area (Å²) in [6.45, 7) is 4.32. The van der Waals surface area contributed by atoms with Gasteiger partial charge in [0.05, 0.1) is 5.69 Å². The highest BCUT2D eigenvalue weighted by Crippen LogP contribution is 2.31. The van der Waals surface area contributed by atoms with E-state index in [-0.39, 0.29) is 5.91 Å². The Balaban J connectivity index is 1.67. The van der Waals surface area contributed by atoms with Crippen LogP contribution in [0.15, 0.2) is 30.9 Å². The van der Waals surface area contributed by atoms with E-state index in [1.807, 2.05) is 24.5 Å². The van der Waals surface area contributed by atoms with Crippen molar-refractivity contribution < 1.29 is 4.79 Å². The quantitative estimate of drug-likeness (QED) is 0.761. The zero-order valence-corrected chi connectivity index (χ0v) is 14.6. The lowest BCUT2D eigenvalue weighted by atomic mass is 10.1. The van der Waals surface area contributed by atoms with Crippen LogP contribution in [-0.2, 0) is 0 Å². The maximum Gasteiger partial charge on any atom is 0.270 e. The topological polar surface area (TPSA) is 77.7 Å². The first kappa shape index (κ1) is 15.9. The maximum absolute atomic E-state index is 13.1. The number of amides is 1. The molecule has 3 aromatic heterocycles. The first-order valence-corrected chi connectivity index (χ1v) is 9.02. The van der Waals surface area contributed by atoms with E-state index in [9.17, 15) is 4.79 Å². The van der Waals surface area contributed by atoms with Crippen LogP contribution in [0.3, 0.4) is 0 Å². The molecule has 0 bridgehead atoms. The highest BCUT2D eigenvalue weighted by atomic mass is 16.2. The summed E-state index contributed by atoms with van der Waals surface area (Å²) in [5.74, 6) is 0.0989. The number of nitrogens with one attached hydrogen (secondary N) is 2. The maximum atomic E-state index is 13.1. The van der Waals surface area contributed by atoms with Gasteiger partial charge >= 0.3 is 0 Å². The Morgan fingerprint density at radius 3 is 2.68 bits per heavy atom. The van der Waals surface area contributed by atoms with Crippen molar-refractivity contribution in [2.75, 3.05) is 0 Å². The molecule has 0 unspecified atom stereocenters. The Hall–Kier alpha value is -2.63. The van der Waals surface area contributed by atoms with Crippen LogP contribution in [0.1, 0.15) is 50.0 Å². The molecule has 0 saturated carbocycles. The number of nitrogens with zero attached hydrogens (tertiary/aromatic N) is 3. The van der Waals surface area contributed by atoms with Gasteiger partial charge in [0.25, 0.3) is 5.91 Å². The normalized spacial score (nSPS) is 20.5. The fourth-order valence-electron chi connectivity index (χ4n) is 3.99. The summed E-state index contributed by atoms with van der Waals surface area (Å²) in [5, 5.41) is 0.958. The minimum Gasteiger partial charge on any atom is -0.357 e. The number of carbonyl (C=O) groups is 1. The highest BCUT2D eigenvalue weighted by molar-refractivity contribution is 5.96. The molecule has 0 spiro atoms. The molecule has 0 aromatic carbocycles. The second kappa shape index (κ2) is 6.35. The summed E-state index contributed by atoms with van der Waals surface area (Å²) in [7, 11) is 0. The molecule has 3 aromatic rings. The average molecular weight is 337 g/mol. The van der Waals surface area contributed by atoms with Gasteiger partial charge in [-0.15, -0.1) is 0 Å². The number of carbonyl (C=O) groups excluding carboxylic acids is 1. The van der Waals surface area contributed by atoms with E-state index in [0.717, 1.165) is 48.0 Å². The molecule has 2 atom stereocenters. The van der Waals surface area contributed by atoms with Crippen molar-refractivity contribution in [1.82, 2.24) is 24.8 Å². The van der Waals surface area contributed by atoms with Crippen LogP contribution < -0.4 is 0 Å². The number of fused-ring (bicyclic) bond motifs is 1.